The van der Waals surface area contributed by atoms with Crippen LogP contribution in [-0.2, 0) is 0 Å². The lowest BCUT2D eigenvalue weighted by Crippen LogP contribution is -2.12. The topological polar surface area (TPSA) is 70.4 Å². The standard InChI is InChI=1S/C24H17BrN2O4/c1-30-20-11-12-22(31-24(29)16-7-9-18(25)10-8-16)21(13-20)23(28)17-14-26-27(15-17)19-5-3-2-4-6-19/h2-15H,1H3. The van der Waals surface area contributed by atoms with E-state index in [2.05, 4.69) is 21.0 Å². The minimum absolute atomic E-state index is 0.145. The summed E-state index contributed by atoms with van der Waals surface area (Å²) >= 11 is 3.33. The van der Waals surface area contributed by atoms with Crippen LogP contribution in [0.3, 0.4) is 0 Å². The van der Waals surface area contributed by atoms with E-state index in [9.17, 15) is 9.59 Å². The highest BCUT2D eigenvalue weighted by atomic mass is 79.9. The fourth-order valence-corrected chi connectivity index (χ4v) is 3.23. The highest BCUT2D eigenvalue weighted by molar-refractivity contribution is 9.10. The van der Waals surface area contributed by atoms with Gasteiger partial charge in [-0.2, -0.15) is 5.10 Å². The molecule has 0 saturated carbocycles. The fourth-order valence-electron chi connectivity index (χ4n) is 2.96. The number of hydrogen-bond donors (Lipinski definition) is 0. The van der Waals surface area contributed by atoms with Crippen LogP contribution in [0.2, 0.25) is 0 Å². The molecular formula is C24H17BrN2O4. The summed E-state index contributed by atoms with van der Waals surface area (Å²) in [6.07, 6.45) is 3.12. The fraction of sp³-hybridized carbons (Fsp3) is 0.0417. The molecule has 0 bridgehead atoms. The quantitative estimate of drug-likeness (QED) is 0.220. The average molecular weight is 477 g/mol. The van der Waals surface area contributed by atoms with Crippen LogP contribution < -0.4 is 9.47 Å². The zero-order chi connectivity index (χ0) is 21.8. The van der Waals surface area contributed by atoms with Gasteiger partial charge in [-0.05, 0) is 54.6 Å². The van der Waals surface area contributed by atoms with E-state index in [1.54, 1.807) is 53.3 Å². The van der Waals surface area contributed by atoms with Crippen molar-refractivity contribution >= 4 is 27.7 Å². The van der Waals surface area contributed by atoms with Gasteiger partial charge in [-0.25, -0.2) is 9.48 Å². The maximum absolute atomic E-state index is 13.2. The predicted molar refractivity (Wildman–Crippen MR) is 119 cm³/mol. The Bertz CT molecular complexity index is 1230. The van der Waals surface area contributed by atoms with E-state index >= 15 is 0 Å². The van der Waals surface area contributed by atoms with Gasteiger partial charge in [-0.15, -0.1) is 0 Å². The number of rotatable bonds is 6. The third-order valence-electron chi connectivity index (χ3n) is 4.58. The van der Waals surface area contributed by atoms with E-state index in [4.69, 9.17) is 9.47 Å². The van der Waals surface area contributed by atoms with Gasteiger partial charge in [-0.1, -0.05) is 34.1 Å². The zero-order valence-electron chi connectivity index (χ0n) is 16.5. The number of esters is 1. The molecule has 0 atom stereocenters. The van der Waals surface area contributed by atoms with Gasteiger partial charge in [0.25, 0.3) is 0 Å². The Balaban J connectivity index is 1.65. The van der Waals surface area contributed by atoms with Crippen molar-refractivity contribution in [1.29, 1.82) is 0 Å². The molecule has 0 spiro atoms. The van der Waals surface area contributed by atoms with Gasteiger partial charge < -0.3 is 9.47 Å². The van der Waals surface area contributed by atoms with Gasteiger partial charge in [0.05, 0.1) is 35.7 Å². The van der Waals surface area contributed by atoms with E-state index in [0.717, 1.165) is 10.2 Å². The van der Waals surface area contributed by atoms with Crippen molar-refractivity contribution in [3.8, 4) is 17.2 Å². The van der Waals surface area contributed by atoms with Crippen LogP contribution >= 0.6 is 15.9 Å². The normalized spacial score (nSPS) is 10.5. The SMILES string of the molecule is COc1ccc(OC(=O)c2ccc(Br)cc2)c(C(=O)c2cnn(-c3ccccc3)c2)c1. The highest BCUT2D eigenvalue weighted by Gasteiger charge is 2.20. The second-order valence-electron chi connectivity index (χ2n) is 6.60. The first kappa shape index (κ1) is 20.6. The van der Waals surface area contributed by atoms with E-state index < -0.39 is 5.97 Å². The van der Waals surface area contributed by atoms with E-state index in [-0.39, 0.29) is 17.1 Å². The Hall–Kier alpha value is -3.71. The van der Waals surface area contributed by atoms with Crippen molar-refractivity contribution in [1.82, 2.24) is 9.78 Å². The van der Waals surface area contributed by atoms with E-state index in [1.165, 1.54) is 13.3 Å². The summed E-state index contributed by atoms with van der Waals surface area (Å²) < 4.78 is 13.3. The Morgan fingerprint density at radius 3 is 2.39 bits per heavy atom. The molecule has 0 amide bonds. The van der Waals surface area contributed by atoms with Crippen LogP contribution in [0.5, 0.6) is 11.5 Å². The Morgan fingerprint density at radius 1 is 0.935 bits per heavy atom. The third kappa shape index (κ3) is 4.57. The Kier molecular flexibility index (Phi) is 5.95. The second kappa shape index (κ2) is 8.97. The molecule has 0 aliphatic rings. The highest BCUT2D eigenvalue weighted by Crippen LogP contribution is 2.28. The molecule has 31 heavy (non-hydrogen) atoms. The molecule has 1 heterocycles. The number of halogens is 1. The Morgan fingerprint density at radius 2 is 1.68 bits per heavy atom. The molecule has 0 unspecified atom stereocenters. The van der Waals surface area contributed by atoms with Crippen LogP contribution in [0.1, 0.15) is 26.3 Å². The molecule has 0 N–H and O–H groups in total. The number of para-hydroxylation sites is 1. The summed E-state index contributed by atoms with van der Waals surface area (Å²) in [6, 6.07) is 21.0. The van der Waals surface area contributed by atoms with Crippen molar-refractivity contribution in [2.75, 3.05) is 7.11 Å². The monoisotopic (exact) mass is 476 g/mol. The number of ketones is 1. The van der Waals surface area contributed by atoms with Crippen LogP contribution in [0.15, 0.2) is 89.7 Å². The lowest BCUT2D eigenvalue weighted by Gasteiger charge is -2.11. The molecule has 0 saturated heterocycles. The molecule has 0 radical (unpaired) electrons. The summed E-state index contributed by atoms with van der Waals surface area (Å²) in [5, 5.41) is 4.27. The third-order valence-corrected chi connectivity index (χ3v) is 5.11. The zero-order valence-corrected chi connectivity index (χ0v) is 18.1. The largest absolute Gasteiger partial charge is 0.497 e. The molecule has 7 heteroatoms. The molecule has 1 aromatic heterocycles. The van der Waals surface area contributed by atoms with Gasteiger partial charge in [0.1, 0.15) is 11.5 Å². The van der Waals surface area contributed by atoms with Crippen molar-refractivity contribution < 1.29 is 19.1 Å². The number of methoxy groups -OCH3 is 1. The second-order valence-corrected chi connectivity index (χ2v) is 7.51. The lowest BCUT2D eigenvalue weighted by molar-refractivity contribution is 0.0733. The number of aromatic nitrogens is 2. The van der Waals surface area contributed by atoms with Gasteiger partial charge in [0.15, 0.2) is 5.78 Å². The first-order valence-electron chi connectivity index (χ1n) is 9.36. The molecule has 0 aliphatic heterocycles. The van der Waals surface area contributed by atoms with Gasteiger partial charge in [0.2, 0.25) is 0 Å². The number of hydrogen-bond acceptors (Lipinski definition) is 5. The molecule has 3 aromatic carbocycles. The smallest absolute Gasteiger partial charge is 0.343 e. The number of carbonyl (C=O) groups excluding carboxylic acids is 2. The number of ether oxygens (including phenoxy) is 2. The first-order chi connectivity index (χ1) is 15.0. The lowest BCUT2D eigenvalue weighted by atomic mass is 10.0. The minimum Gasteiger partial charge on any atom is -0.497 e. The van der Waals surface area contributed by atoms with Gasteiger partial charge >= 0.3 is 5.97 Å². The van der Waals surface area contributed by atoms with E-state index in [1.807, 2.05) is 30.3 Å². The summed E-state index contributed by atoms with van der Waals surface area (Å²) in [6.45, 7) is 0. The predicted octanol–water partition coefficient (Wildman–Crippen LogP) is 5.09. The molecular weight excluding hydrogens is 460 g/mol. The van der Waals surface area contributed by atoms with Gasteiger partial charge in [0, 0.05) is 10.7 Å². The molecule has 4 aromatic rings. The molecule has 4 rings (SSSR count). The molecule has 0 fully saturated rings. The molecule has 0 aliphatic carbocycles. The van der Waals surface area contributed by atoms with Crippen LogP contribution in [0, 0.1) is 0 Å². The Labute approximate surface area is 187 Å². The minimum atomic E-state index is -0.563. The summed E-state index contributed by atoms with van der Waals surface area (Å²) in [4.78, 5) is 25.8. The van der Waals surface area contributed by atoms with Crippen LogP contribution in [-0.4, -0.2) is 28.6 Å². The van der Waals surface area contributed by atoms with Crippen LogP contribution in [0.4, 0.5) is 0 Å². The van der Waals surface area contributed by atoms with Crippen LogP contribution in [0.25, 0.3) is 5.69 Å². The number of carbonyl (C=O) groups is 2. The number of nitrogens with zero attached hydrogens (tertiary/aromatic N) is 2. The van der Waals surface area contributed by atoms with Crippen molar-refractivity contribution in [3.63, 3.8) is 0 Å². The first-order valence-corrected chi connectivity index (χ1v) is 10.1. The van der Waals surface area contributed by atoms with Crippen molar-refractivity contribution in [3.05, 3.63) is 106 Å². The van der Waals surface area contributed by atoms with Crippen molar-refractivity contribution in [2.45, 2.75) is 0 Å². The molecule has 6 nitrogen and oxygen atoms in total. The molecule has 154 valence electrons. The summed E-state index contributed by atoms with van der Waals surface area (Å²) in [7, 11) is 1.50. The van der Waals surface area contributed by atoms with E-state index in [0.29, 0.717) is 16.9 Å². The summed E-state index contributed by atoms with van der Waals surface area (Å²) in [5.41, 5.74) is 1.76. The maximum atomic E-state index is 13.2. The maximum Gasteiger partial charge on any atom is 0.343 e. The number of benzene rings is 3. The van der Waals surface area contributed by atoms with Crippen molar-refractivity contribution in [2.24, 2.45) is 0 Å². The average Bonchev–Trinajstić information content (AvgIpc) is 3.30. The van der Waals surface area contributed by atoms with Gasteiger partial charge in [-0.3, -0.25) is 4.79 Å². The summed E-state index contributed by atoms with van der Waals surface area (Å²) in [5.74, 6) is -0.278.